The number of nitrogens with two attached hydrogens (primary N) is 1. The first-order valence-electron chi connectivity index (χ1n) is 11.6. The first kappa shape index (κ1) is 22.5. The van der Waals surface area contributed by atoms with E-state index in [4.69, 9.17) is 5.73 Å². The molecule has 170 valence electrons. The summed E-state index contributed by atoms with van der Waals surface area (Å²) >= 11 is 0. The third kappa shape index (κ3) is 4.56. The molecule has 1 fully saturated rings. The van der Waals surface area contributed by atoms with Gasteiger partial charge in [0.1, 0.15) is 11.6 Å². The number of nitrogens with zero attached hydrogens (tertiary/aromatic N) is 4. The SMILES string of the molecule is CCN1CCC(n2cc(-c3cnc(N)c(CC(C)c4c(C)ccc(F)c4C)c3)cn2)CC1. The lowest BCUT2D eigenvalue weighted by molar-refractivity contribution is 0.187. The summed E-state index contributed by atoms with van der Waals surface area (Å²) in [7, 11) is 0. The second-order valence-corrected chi connectivity index (χ2v) is 9.15. The number of nitrogen functional groups attached to an aromatic ring is 1. The standard InChI is InChI=1S/C26H34FN5/c1-5-31-10-8-23(9-11-31)32-16-22(15-30-32)21-13-20(26(28)29-14-21)12-18(3)25-17(2)6-7-24(27)19(25)4/h6-7,13-16,18,23H,5,8-12H2,1-4H3,(H2,28,29). The second-order valence-electron chi connectivity index (χ2n) is 9.15. The van der Waals surface area contributed by atoms with Crippen molar-refractivity contribution in [1.82, 2.24) is 19.7 Å². The summed E-state index contributed by atoms with van der Waals surface area (Å²) in [6.45, 7) is 11.6. The lowest BCUT2D eigenvalue weighted by atomic mass is 9.87. The highest BCUT2D eigenvalue weighted by molar-refractivity contribution is 5.64. The van der Waals surface area contributed by atoms with E-state index in [1.165, 1.54) is 0 Å². The molecule has 0 amide bonds. The Morgan fingerprint density at radius 1 is 1.16 bits per heavy atom. The number of aryl methyl sites for hydroxylation is 1. The molecule has 1 unspecified atom stereocenters. The molecule has 1 atom stereocenters. The van der Waals surface area contributed by atoms with Crippen LogP contribution in [-0.4, -0.2) is 39.3 Å². The van der Waals surface area contributed by atoms with E-state index in [9.17, 15) is 4.39 Å². The summed E-state index contributed by atoms with van der Waals surface area (Å²) in [5, 5.41) is 4.66. The third-order valence-electron chi connectivity index (χ3n) is 7.00. The monoisotopic (exact) mass is 435 g/mol. The molecule has 3 aromatic rings. The maximum Gasteiger partial charge on any atom is 0.126 e. The summed E-state index contributed by atoms with van der Waals surface area (Å²) in [6, 6.07) is 5.96. The van der Waals surface area contributed by atoms with Crippen LogP contribution >= 0.6 is 0 Å². The Kier molecular flexibility index (Phi) is 6.60. The smallest absolute Gasteiger partial charge is 0.126 e. The third-order valence-corrected chi connectivity index (χ3v) is 7.00. The molecule has 2 N–H and O–H groups in total. The van der Waals surface area contributed by atoms with Gasteiger partial charge >= 0.3 is 0 Å². The van der Waals surface area contributed by atoms with Gasteiger partial charge in [-0.05, 0) is 80.0 Å². The van der Waals surface area contributed by atoms with Gasteiger partial charge in [-0.2, -0.15) is 5.10 Å². The molecule has 1 aliphatic heterocycles. The minimum Gasteiger partial charge on any atom is -0.383 e. The van der Waals surface area contributed by atoms with Crippen molar-refractivity contribution in [3.8, 4) is 11.1 Å². The predicted octanol–water partition coefficient (Wildman–Crippen LogP) is 5.29. The molecule has 3 heterocycles. The Labute approximate surface area is 190 Å². The van der Waals surface area contributed by atoms with Gasteiger partial charge in [0.2, 0.25) is 0 Å². The maximum atomic E-state index is 14.2. The summed E-state index contributed by atoms with van der Waals surface area (Å²) in [5.41, 5.74) is 12.2. The topological polar surface area (TPSA) is 60.0 Å². The second kappa shape index (κ2) is 9.41. The highest BCUT2D eigenvalue weighted by Gasteiger charge is 2.21. The van der Waals surface area contributed by atoms with Crippen LogP contribution in [0.4, 0.5) is 10.2 Å². The zero-order valence-electron chi connectivity index (χ0n) is 19.6. The van der Waals surface area contributed by atoms with Gasteiger partial charge in [0.25, 0.3) is 0 Å². The molecule has 0 radical (unpaired) electrons. The van der Waals surface area contributed by atoms with E-state index in [0.717, 1.165) is 65.9 Å². The first-order chi connectivity index (χ1) is 15.4. The quantitative estimate of drug-likeness (QED) is 0.572. The average Bonchev–Trinajstić information content (AvgIpc) is 3.28. The van der Waals surface area contributed by atoms with Gasteiger partial charge in [-0.1, -0.05) is 19.9 Å². The number of rotatable bonds is 6. The maximum absolute atomic E-state index is 14.2. The predicted molar refractivity (Wildman–Crippen MR) is 128 cm³/mol. The van der Waals surface area contributed by atoms with Crippen molar-refractivity contribution >= 4 is 5.82 Å². The normalized spacial score (nSPS) is 16.4. The summed E-state index contributed by atoms with van der Waals surface area (Å²) in [6.07, 6.45) is 8.85. The van der Waals surface area contributed by atoms with Gasteiger partial charge in [-0.25, -0.2) is 9.37 Å². The van der Waals surface area contributed by atoms with Crippen LogP contribution in [-0.2, 0) is 6.42 Å². The molecule has 0 saturated carbocycles. The number of halogens is 1. The number of aromatic nitrogens is 3. The molecule has 5 nitrogen and oxygen atoms in total. The van der Waals surface area contributed by atoms with Crippen molar-refractivity contribution in [3.05, 3.63) is 64.9 Å². The lowest BCUT2D eigenvalue weighted by Gasteiger charge is -2.31. The summed E-state index contributed by atoms with van der Waals surface area (Å²) < 4.78 is 16.3. The Morgan fingerprint density at radius 3 is 2.62 bits per heavy atom. The number of likely N-dealkylation sites (tertiary alicyclic amines) is 1. The molecule has 0 spiro atoms. The molecule has 2 aromatic heterocycles. The Bertz CT molecular complexity index is 1080. The zero-order chi connectivity index (χ0) is 22.8. The van der Waals surface area contributed by atoms with Crippen LogP contribution < -0.4 is 5.73 Å². The van der Waals surface area contributed by atoms with E-state index < -0.39 is 0 Å². The number of hydrogen-bond donors (Lipinski definition) is 1. The number of pyridine rings is 1. The fourth-order valence-corrected chi connectivity index (χ4v) is 5.06. The molecule has 1 aliphatic rings. The molecule has 32 heavy (non-hydrogen) atoms. The molecular formula is C26H34FN5. The number of hydrogen-bond acceptors (Lipinski definition) is 4. The summed E-state index contributed by atoms with van der Waals surface area (Å²) in [5.74, 6) is 0.512. The fraction of sp³-hybridized carbons (Fsp3) is 0.462. The molecular weight excluding hydrogens is 401 g/mol. The van der Waals surface area contributed by atoms with Crippen LogP contribution in [0.1, 0.15) is 60.9 Å². The van der Waals surface area contributed by atoms with Crippen LogP contribution in [0.5, 0.6) is 0 Å². The highest BCUT2D eigenvalue weighted by Crippen LogP contribution is 2.31. The molecule has 0 bridgehead atoms. The van der Waals surface area contributed by atoms with E-state index >= 15 is 0 Å². The van der Waals surface area contributed by atoms with Crippen LogP contribution in [0.15, 0.2) is 36.8 Å². The van der Waals surface area contributed by atoms with Gasteiger partial charge < -0.3 is 10.6 Å². The van der Waals surface area contributed by atoms with E-state index in [2.05, 4.69) is 45.8 Å². The van der Waals surface area contributed by atoms with Crippen molar-refractivity contribution < 1.29 is 4.39 Å². The zero-order valence-corrected chi connectivity index (χ0v) is 19.6. The average molecular weight is 436 g/mol. The van der Waals surface area contributed by atoms with E-state index in [1.807, 2.05) is 32.3 Å². The van der Waals surface area contributed by atoms with E-state index in [0.29, 0.717) is 18.3 Å². The highest BCUT2D eigenvalue weighted by atomic mass is 19.1. The van der Waals surface area contributed by atoms with Gasteiger partial charge in [-0.15, -0.1) is 0 Å². The number of benzene rings is 1. The van der Waals surface area contributed by atoms with Crippen LogP contribution in [0.25, 0.3) is 11.1 Å². The summed E-state index contributed by atoms with van der Waals surface area (Å²) in [4.78, 5) is 6.95. The largest absolute Gasteiger partial charge is 0.383 e. The first-order valence-corrected chi connectivity index (χ1v) is 11.6. The minimum absolute atomic E-state index is 0.136. The molecule has 6 heteroatoms. The van der Waals surface area contributed by atoms with Gasteiger partial charge in [0.15, 0.2) is 0 Å². The van der Waals surface area contributed by atoms with Crippen molar-refractivity contribution in [2.24, 2.45) is 0 Å². The molecule has 0 aliphatic carbocycles. The van der Waals surface area contributed by atoms with Crippen LogP contribution in [0.2, 0.25) is 0 Å². The van der Waals surface area contributed by atoms with Crippen molar-refractivity contribution in [2.45, 2.75) is 58.9 Å². The Hall–Kier alpha value is -2.73. The lowest BCUT2D eigenvalue weighted by Crippen LogP contribution is -2.34. The Balaban J connectivity index is 1.54. The van der Waals surface area contributed by atoms with Crippen LogP contribution in [0, 0.1) is 19.7 Å². The van der Waals surface area contributed by atoms with Crippen molar-refractivity contribution in [1.29, 1.82) is 0 Å². The number of piperidine rings is 1. The molecule has 4 rings (SSSR count). The Morgan fingerprint density at radius 2 is 1.91 bits per heavy atom. The van der Waals surface area contributed by atoms with E-state index in [1.54, 1.807) is 6.07 Å². The minimum atomic E-state index is -0.158. The molecule has 1 aromatic carbocycles. The van der Waals surface area contributed by atoms with Gasteiger partial charge in [0.05, 0.1) is 12.2 Å². The van der Waals surface area contributed by atoms with Crippen molar-refractivity contribution in [3.63, 3.8) is 0 Å². The van der Waals surface area contributed by atoms with Crippen LogP contribution in [0.3, 0.4) is 0 Å². The number of anilines is 1. The van der Waals surface area contributed by atoms with E-state index in [-0.39, 0.29) is 11.7 Å². The van der Waals surface area contributed by atoms with Crippen molar-refractivity contribution in [2.75, 3.05) is 25.4 Å². The van der Waals surface area contributed by atoms with Gasteiger partial charge in [-0.3, -0.25) is 4.68 Å². The van der Waals surface area contributed by atoms with Gasteiger partial charge in [0, 0.05) is 36.6 Å². The molecule has 1 saturated heterocycles. The fourth-order valence-electron chi connectivity index (χ4n) is 5.06.